The molecule has 4 unspecified atom stereocenters. The maximum absolute atomic E-state index is 12.6. The standard InChI is InChI=1S/C55H101NO5/c1-3-5-7-9-11-13-15-17-19-21-23-24-25-26-27-28-29-30-31-33-34-36-38-40-42-44-46-48-52(58)54(60)51(50-57)56-55(61)53(59)49-47-45-43-41-39-37-35-32-22-20-18-16-14-12-10-8-6-4-2/h12,14,16,18,28-29,33-34,40,42,51-54,57-60H,3-11,13,15,17,19-27,30-32,35-39,41,43-50H2,1-2H3,(H,56,61)/b14-12-,18-16-,29-28+,34-33+,42-40+. The molecule has 0 saturated carbocycles. The second-order valence-corrected chi connectivity index (χ2v) is 17.9. The minimum Gasteiger partial charge on any atom is -0.394 e. The Morgan fingerprint density at radius 3 is 1.16 bits per heavy atom. The second kappa shape index (κ2) is 49.0. The lowest BCUT2D eigenvalue weighted by molar-refractivity contribution is -0.132. The van der Waals surface area contributed by atoms with Gasteiger partial charge in [0.2, 0.25) is 5.91 Å². The number of carbonyl (C=O) groups excluding carboxylic acids is 1. The number of allylic oxidation sites excluding steroid dienone is 10. The van der Waals surface area contributed by atoms with Crippen molar-refractivity contribution in [1.82, 2.24) is 5.32 Å². The molecule has 1 amide bonds. The lowest BCUT2D eigenvalue weighted by atomic mass is 10.00. The van der Waals surface area contributed by atoms with E-state index in [4.69, 9.17) is 0 Å². The molecule has 0 aliphatic carbocycles. The number of aliphatic hydroxyl groups is 4. The van der Waals surface area contributed by atoms with Crippen LogP contribution in [0.1, 0.15) is 251 Å². The molecule has 0 heterocycles. The van der Waals surface area contributed by atoms with E-state index in [9.17, 15) is 25.2 Å². The third-order valence-electron chi connectivity index (χ3n) is 11.9. The predicted octanol–water partition coefficient (Wildman–Crippen LogP) is 14.8. The number of unbranched alkanes of at least 4 members (excludes halogenated alkanes) is 29. The Bertz CT molecular complexity index is 1050. The summed E-state index contributed by atoms with van der Waals surface area (Å²) in [6.07, 6.45) is 62.7. The number of hydrogen-bond donors (Lipinski definition) is 5. The molecule has 4 atom stereocenters. The van der Waals surface area contributed by atoms with Gasteiger partial charge >= 0.3 is 0 Å². The summed E-state index contributed by atoms with van der Waals surface area (Å²) < 4.78 is 0. The van der Waals surface area contributed by atoms with Crippen molar-refractivity contribution in [1.29, 1.82) is 0 Å². The zero-order valence-electron chi connectivity index (χ0n) is 40.2. The van der Waals surface area contributed by atoms with Crippen molar-refractivity contribution >= 4 is 5.91 Å². The SMILES string of the molecule is CCCCC/C=C\C=C/CCCCCCCCCCCC(O)C(=O)NC(CO)C(O)C(O)CCC/C=C/CC/C=C/CC/C=C/CCCCCCCCCCCCCCCC. The number of rotatable bonds is 47. The third kappa shape index (κ3) is 43.1. The summed E-state index contributed by atoms with van der Waals surface area (Å²) in [6.45, 7) is 4.02. The maximum Gasteiger partial charge on any atom is 0.249 e. The molecule has 0 fully saturated rings. The van der Waals surface area contributed by atoms with Crippen LogP contribution in [0.25, 0.3) is 0 Å². The Kier molecular flexibility index (Phi) is 47.4. The topological polar surface area (TPSA) is 110 Å². The lowest BCUT2D eigenvalue weighted by Gasteiger charge is -2.27. The Balaban J connectivity index is 3.76. The summed E-state index contributed by atoms with van der Waals surface area (Å²) >= 11 is 0. The first-order chi connectivity index (χ1) is 30.0. The zero-order valence-corrected chi connectivity index (χ0v) is 40.2. The van der Waals surface area contributed by atoms with E-state index in [1.165, 1.54) is 161 Å². The molecule has 0 bridgehead atoms. The van der Waals surface area contributed by atoms with Gasteiger partial charge in [-0.1, -0.05) is 222 Å². The average molecular weight is 856 g/mol. The van der Waals surface area contributed by atoms with Gasteiger partial charge in [-0.15, -0.1) is 0 Å². The van der Waals surface area contributed by atoms with Crippen LogP contribution in [0.4, 0.5) is 0 Å². The van der Waals surface area contributed by atoms with Crippen LogP contribution in [0.15, 0.2) is 60.8 Å². The van der Waals surface area contributed by atoms with Gasteiger partial charge in [-0.3, -0.25) is 4.79 Å². The van der Waals surface area contributed by atoms with Crippen molar-refractivity contribution in [2.75, 3.05) is 6.61 Å². The molecule has 356 valence electrons. The van der Waals surface area contributed by atoms with E-state index in [0.29, 0.717) is 19.3 Å². The average Bonchev–Trinajstić information content (AvgIpc) is 3.26. The highest BCUT2D eigenvalue weighted by atomic mass is 16.3. The van der Waals surface area contributed by atoms with Gasteiger partial charge in [0.15, 0.2) is 0 Å². The van der Waals surface area contributed by atoms with Gasteiger partial charge in [-0.05, 0) is 89.9 Å². The van der Waals surface area contributed by atoms with Gasteiger partial charge in [-0.25, -0.2) is 0 Å². The molecule has 0 aromatic carbocycles. The van der Waals surface area contributed by atoms with Crippen molar-refractivity contribution in [3.05, 3.63) is 60.8 Å². The molecule has 0 rings (SSSR count). The Morgan fingerprint density at radius 1 is 0.410 bits per heavy atom. The number of aliphatic hydroxyl groups excluding tert-OH is 4. The van der Waals surface area contributed by atoms with Gasteiger partial charge in [0, 0.05) is 0 Å². The number of amides is 1. The van der Waals surface area contributed by atoms with Crippen LogP contribution < -0.4 is 5.32 Å². The van der Waals surface area contributed by atoms with Crippen molar-refractivity contribution in [2.24, 2.45) is 0 Å². The first-order valence-electron chi connectivity index (χ1n) is 26.2. The molecule has 0 aliphatic rings. The van der Waals surface area contributed by atoms with E-state index in [2.05, 4.69) is 79.9 Å². The molecule has 6 heteroatoms. The fourth-order valence-electron chi connectivity index (χ4n) is 7.78. The summed E-state index contributed by atoms with van der Waals surface area (Å²) in [5, 5.41) is 43.8. The quantitative estimate of drug-likeness (QED) is 0.0238. The monoisotopic (exact) mass is 856 g/mol. The van der Waals surface area contributed by atoms with Gasteiger partial charge in [0.25, 0.3) is 0 Å². The van der Waals surface area contributed by atoms with Crippen LogP contribution in [0, 0.1) is 0 Å². The first kappa shape index (κ1) is 59.0. The Labute approximate surface area is 378 Å². The number of nitrogens with one attached hydrogen (secondary N) is 1. The first-order valence-corrected chi connectivity index (χ1v) is 26.2. The molecular weight excluding hydrogens is 755 g/mol. The molecule has 0 aliphatic heterocycles. The molecule has 0 saturated heterocycles. The largest absolute Gasteiger partial charge is 0.394 e. The normalized spacial score (nSPS) is 14.4. The van der Waals surface area contributed by atoms with E-state index in [-0.39, 0.29) is 0 Å². The van der Waals surface area contributed by atoms with E-state index in [1.54, 1.807) is 0 Å². The van der Waals surface area contributed by atoms with E-state index < -0.39 is 36.9 Å². The molecule has 0 radical (unpaired) electrons. The third-order valence-corrected chi connectivity index (χ3v) is 11.9. The van der Waals surface area contributed by atoms with Gasteiger partial charge in [0.1, 0.15) is 12.2 Å². The van der Waals surface area contributed by atoms with E-state index >= 15 is 0 Å². The van der Waals surface area contributed by atoms with E-state index in [0.717, 1.165) is 57.8 Å². The van der Waals surface area contributed by atoms with Crippen LogP contribution in [-0.4, -0.2) is 57.3 Å². The predicted molar refractivity (Wildman–Crippen MR) is 265 cm³/mol. The molecule has 6 nitrogen and oxygen atoms in total. The van der Waals surface area contributed by atoms with Gasteiger partial charge < -0.3 is 25.7 Å². The molecule has 5 N–H and O–H groups in total. The Morgan fingerprint density at radius 2 is 0.738 bits per heavy atom. The van der Waals surface area contributed by atoms with Crippen molar-refractivity contribution < 1.29 is 25.2 Å². The summed E-state index contributed by atoms with van der Waals surface area (Å²) in [6, 6.07) is -1.02. The highest BCUT2D eigenvalue weighted by Crippen LogP contribution is 2.16. The maximum atomic E-state index is 12.6. The number of hydrogen-bond acceptors (Lipinski definition) is 5. The summed E-state index contributed by atoms with van der Waals surface area (Å²) in [7, 11) is 0. The zero-order chi connectivity index (χ0) is 44.5. The van der Waals surface area contributed by atoms with E-state index in [1.807, 2.05) is 0 Å². The molecule has 0 aromatic heterocycles. The van der Waals surface area contributed by atoms with Crippen molar-refractivity contribution in [3.8, 4) is 0 Å². The Hall–Kier alpha value is -1.99. The molecular formula is C55H101NO5. The molecule has 0 spiro atoms. The summed E-state index contributed by atoms with van der Waals surface area (Å²) in [5.41, 5.74) is 0. The van der Waals surface area contributed by atoms with Crippen LogP contribution in [-0.2, 0) is 4.79 Å². The fraction of sp³-hybridized carbons (Fsp3) is 0.800. The van der Waals surface area contributed by atoms with Crippen LogP contribution >= 0.6 is 0 Å². The molecule has 0 aromatic rings. The number of carbonyl (C=O) groups is 1. The smallest absolute Gasteiger partial charge is 0.249 e. The summed E-state index contributed by atoms with van der Waals surface area (Å²) in [5.74, 6) is -0.605. The van der Waals surface area contributed by atoms with Gasteiger partial charge in [0.05, 0.1) is 18.8 Å². The van der Waals surface area contributed by atoms with Crippen LogP contribution in [0.2, 0.25) is 0 Å². The van der Waals surface area contributed by atoms with Crippen LogP contribution in [0.3, 0.4) is 0 Å². The highest BCUT2D eigenvalue weighted by molar-refractivity contribution is 5.80. The van der Waals surface area contributed by atoms with Gasteiger partial charge in [-0.2, -0.15) is 0 Å². The highest BCUT2D eigenvalue weighted by Gasteiger charge is 2.28. The fourth-order valence-corrected chi connectivity index (χ4v) is 7.78. The van der Waals surface area contributed by atoms with Crippen molar-refractivity contribution in [2.45, 2.75) is 276 Å². The van der Waals surface area contributed by atoms with Crippen molar-refractivity contribution in [3.63, 3.8) is 0 Å². The lowest BCUT2D eigenvalue weighted by Crippen LogP contribution is -2.53. The second-order valence-electron chi connectivity index (χ2n) is 17.9. The van der Waals surface area contributed by atoms with Crippen LogP contribution in [0.5, 0.6) is 0 Å². The minimum absolute atomic E-state index is 0.350. The molecule has 61 heavy (non-hydrogen) atoms. The summed E-state index contributed by atoms with van der Waals surface area (Å²) in [4.78, 5) is 12.6. The minimum atomic E-state index is -1.30.